The number of nitrogens with one attached hydrogen (secondary N) is 1. The Labute approximate surface area is 173 Å². The smallest absolute Gasteiger partial charge is 0.224 e. The Balaban J connectivity index is 1.59. The fourth-order valence-electron chi connectivity index (χ4n) is 4.23. The Morgan fingerprint density at radius 1 is 1.04 bits per heavy atom. The van der Waals surface area contributed by atoms with Gasteiger partial charge in [0.2, 0.25) is 15.9 Å². The van der Waals surface area contributed by atoms with Gasteiger partial charge in [0.1, 0.15) is 0 Å². The van der Waals surface area contributed by atoms with Crippen molar-refractivity contribution >= 4 is 27.5 Å². The van der Waals surface area contributed by atoms with E-state index in [-0.39, 0.29) is 30.2 Å². The van der Waals surface area contributed by atoms with Crippen molar-refractivity contribution in [3.8, 4) is 0 Å². The van der Waals surface area contributed by atoms with Crippen molar-refractivity contribution in [3.05, 3.63) is 34.9 Å². The zero-order valence-electron chi connectivity index (χ0n) is 16.4. The van der Waals surface area contributed by atoms with Crippen LogP contribution in [0.15, 0.2) is 24.3 Å². The average Bonchev–Trinajstić information content (AvgIpc) is 2.65. The number of carbonyl (C=O) groups excluding carboxylic acids is 1. The van der Waals surface area contributed by atoms with Crippen LogP contribution in [0.5, 0.6) is 0 Å². The summed E-state index contributed by atoms with van der Waals surface area (Å²) >= 11 is 6.13. The molecule has 1 atom stereocenters. The fourth-order valence-corrected chi connectivity index (χ4v) is 6.16. The van der Waals surface area contributed by atoms with Crippen molar-refractivity contribution < 1.29 is 13.2 Å². The number of amides is 1. The van der Waals surface area contributed by atoms with Gasteiger partial charge in [0, 0.05) is 24.2 Å². The molecule has 3 rings (SSSR count). The number of sulfonamides is 1. The number of nitrogens with zero attached hydrogens (tertiary/aromatic N) is 1. The maximum absolute atomic E-state index is 12.9. The monoisotopic (exact) mass is 426 g/mol. The Kier molecular flexibility index (Phi) is 7.77. The highest BCUT2D eigenvalue weighted by molar-refractivity contribution is 7.88. The molecular weight excluding hydrogens is 396 g/mol. The summed E-state index contributed by atoms with van der Waals surface area (Å²) in [5.74, 6) is -0.368. The predicted octanol–water partition coefficient (Wildman–Crippen LogP) is 4.11. The lowest BCUT2D eigenvalue weighted by Gasteiger charge is -2.32. The van der Waals surface area contributed by atoms with Crippen LogP contribution in [-0.2, 0) is 20.6 Å². The third-order valence-electron chi connectivity index (χ3n) is 5.90. The third-order valence-corrected chi connectivity index (χ3v) is 8.06. The first-order valence-electron chi connectivity index (χ1n) is 10.5. The Morgan fingerprint density at radius 3 is 2.43 bits per heavy atom. The first kappa shape index (κ1) is 21.6. The molecule has 1 aromatic carbocycles. The molecule has 1 unspecified atom stereocenters. The van der Waals surface area contributed by atoms with E-state index in [1.54, 1.807) is 24.3 Å². The molecule has 28 heavy (non-hydrogen) atoms. The van der Waals surface area contributed by atoms with Crippen molar-refractivity contribution in [2.24, 2.45) is 5.92 Å². The van der Waals surface area contributed by atoms with Crippen molar-refractivity contribution in [2.45, 2.75) is 69.6 Å². The lowest BCUT2D eigenvalue weighted by Crippen LogP contribution is -2.47. The summed E-state index contributed by atoms with van der Waals surface area (Å²) in [7, 11) is -3.50. The Hall–Kier alpha value is -1.11. The van der Waals surface area contributed by atoms with E-state index in [1.165, 1.54) is 23.6 Å². The summed E-state index contributed by atoms with van der Waals surface area (Å²) in [4.78, 5) is 12.8. The lowest BCUT2D eigenvalue weighted by molar-refractivity contribution is -0.126. The molecule has 1 amide bonds. The molecule has 7 heteroatoms. The zero-order chi connectivity index (χ0) is 20.0. The fraction of sp³-hybridized carbons (Fsp3) is 0.667. The third kappa shape index (κ3) is 5.94. The van der Waals surface area contributed by atoms with E-state index < -0.39 is 10.0 Å². The standard InChI is InChI=1S/C21H31ClN2O3S/c22-20-13-7-6-9-18(20)16-28(26,27)24-14-8-10-17(15-24)21(25)23-19-11-4-2-1-3-5-12-19/h6-7,9,13,17,19H,1-5,8,10-12,14-16H2,(H,23,25). The summed E-state index contributed by atoms with van der Waals surface area (Å²) in [5.41, 5.74) is 0.602. The molecule has 1 aliphatic heterocycles. The minimum Gasteiger partial charge on any atom is -0.353 e. The van der Waals surface area contributed by atoms with Gasteiger partial charge in [-0.05, 0) is 37.3 Å². The number of rotatable bonds is 5. The zero-order valence-corrected chi connectivity index (χ0v) is 18.0. The SMILES string of the molecule is O=C(NC1CCCCCCC1)C1CCCN(S(=O)(=O)Cc2ccccc2Cl)C1. The van der Waals surface area contributed by atoms with E-state index in [0.29, 0.717) is 23.6 Å². The molecule has 5 nitrogen and oxygen atoms in total. The second kappa shape index (κ2) is 10.1. The molecule has 1 aromatic rings. The van der Waals surface area contributed by atoms with E-state index >= 15 is 0 Å². The van der Waals surface area contributed by atoms with Crippen molar-refractivity contribution in [2.75, 3.05) is 13.1 Å². The van der Waals surface area contributed by atoms with Gasteiger partial charge in [-0.1, -0.05) is 61.9 Å². The molecule has 0 aromatic heterocycles. The van der Waals surface area contributed by atoms with Gasteiger partial charge in [0.05, 0.1) is 11.7 Å². The van der Waals surface area contributed by atoms with Crippen LogP contribution < -0.4 is 5.32 Å². The number of hydrogen-bond donors (Lipinski definition) is 1. The van der Waals surface area contributed by atoms with Crippen LogP contribution in [0.4, 0.5) is 0 Å². The van der Waals surface area contributed by atoms with E-state index in [1.807, 2.05) is 0 Å². The van der Waals surface area contributed by atoms with Crippen LogP contribution in [0.1, 0.15) is 63.4 Å². The number of carbonyl (C=O) groups is 1. The number of hydrogen-bond acceptors (Lipinski definition) is 3. The van der Waals surface area contributed by atoms with E-state index in [2.05, 4.69) is 5.32 Å². The highest BCUT2D eigenvalue weighted by Gasteiger charge is 2.33. The quantitative estimate of drug-likeness (QED) is 0.770. The van der Waals surface area contributed by atoms with Crippen molar-refractivity contribution in [1.82, 2.24) is 9.62 Å². The number of piperidine rings is 1. The summed E-state index contributed by atoms with van der Waals surface area (Å²) in [5, 5.41) is 3.67. The highest BCUT2D eigenvalue weighted by Crippen LogP contribution is 2.25. The second-order valence-corrected chi connectivity index (χ2v) is 10.5. The van der Waals surface area contributed by atoms with Gasteiger partial charge in [-0.3, -0.25) is 4.79 Å². The summed E-state index contributed by atoms with van der Waals surface area (Å²) in [6.45, 7) is 0.741. The van der Waals surface area contributed by atoms with Crippen LogP contribution in [-0.4, -0.2) is 37.8 Å². The van der Waals surface area contributed by atoms with E-state index in [4.69, 9.17) is 11.6 Å². The van der Waals surface area contributed by atoms with Gasteiger partial charge in [0.15, 0.2) is 0 Å². The number of halogens is 1. The van der Waals surface area contributed by atoms with Gasteiger partial charge < -0.3 is 5.32 Å². The molecule has 0 spiro atoms. The van der Waals surface area contributed by atoms with Crippen LogP contribution in [0.25, 0.3) is 0 Å². The maximum Gasteiger partial charge on any atom is 0.224 e. The van der Waals surface area contributed by atoms with Crippen molar-refractivity contribution in [3.63, 3.8) is 0 Å². The topological polar surface area (TPSA) is 66.5 Å². The van der Waals surface area contributed by atoms with Crippen LogP contribution in [0.3, 0.4) is 0 Å². The molecule has 1 heterocycles. The van der Waals surface area contributed by atoms with Crippen LogP contribution >= 0.6 is 11.6 Å². The van der Waals surface area contributed by atoms with Gasteiger partial charge in [-0.2, -0.15) is 0 Å². The second-order valence-electron chi connectivity index (χ2n) is 8.10. The molecular formula is C21H31ClN2O3S. The Bertz CT molecular complexity index is 761. The van der Waals surface area contributed by atoms with Crippen LogP contribution in [0, 0.1) is 5.92 Å². The predicted molar refractivity (Wildman–Crippen MR) is 113 cm³/mol. The largest absolute Gasteiger partial charge is 0.353 e. The average molecular weight is 427 g/mol. The van der Waals surface area contributed by atoms with Crippen molar-refractivity contribution in [1.29, 1.82) is 0 Å². The van der Waals surface area contributed by atoms with Crippen LogP contribution in [0.2, 0.25) is 5.02 Å². The normalized spacial score (nSPS) is 23.0. The summed E-state index contributed by atoms with van der Waals surface area (Å²) < 4.78 is 27.2. The molecule has 0 radical (unpaired) electrons. The summed E-state index contributed by atoms with van der Waals surface area (Å²) in [6, 6.07) is 7.26. The number of benzene rings is 1. The lowest BCUT2D eigenvalue weighted by atomic mass is 9.94. The minimum absolute atomic E-state index is 0.0169. The molecule has 1 saturated carbocycles. The molecule has 2 fully saturated rings. The molecule has 1 N–H and O–H groups in total. The Morgan fingerprint density at radius 2 is 1.71 bits per heavy atom. The maximum atomic E-state index is 12.9. The summed E-state index contributed by atoms with van der Waals surface area (Å²) in [6.07, 6.45) is 9.62. The van der Waals surface area contributed by atoms with Gasteiger partial charge >= 0.3 is 0 Å². The van der Waals surface area contributed by atoms with Gasteiger partial charge in [-0.15, -0.1) is 0 Å². The first-order valence-corrected chi connectivity index (χ1v) is 12.5. The molecule has 156 valence electrons. The molecule has 2 aliphatic rings. The first-order chi connectivity index (χ1) is 13.5. The van der Waals surface area contributed by atoms with E-state index in [0.717, 1.165) is 32.1 Å². The van der Waals surface area contributed by atoms with E-state index in [9.17, 15) is 13.2 Å². The highest BCUT2D eigenvalue weighted by atomic mass is 35.5. The van der Waals surface area contributed by atoms with Gasteiger partial charge in [0.25, 0.3) is 0 Å². The molecule has 1 aliphatic carbocycles. The molecule has 0 bridgehead atoms. The molecule has 1 saturated heterocycles. The van der Waals surface area contributed by atoms with Gasteiger partial charge in [-0.25, -0.2) is 12.7 Å². The minimum atomic E-state index is -3.50.